The van der Waals surface area contributed by atoms with Gasteiger partial charge in [-0.1, -0.05) is 0 Å². The van der Waals surface area contributed by atoms with E-state index in [2.05, 4.69) is 0 Å². The highest BCUT2D eigenvalue weighted by atomic mass is 16.6. The molecule has 0 aromatic rings. The van der Waals surface area contributed by atoms with Crippen molar-refractivity contribution in [1.29, 1.82) is 0 Å². The Kier molecular flexibility index (Phi) is 3.42. The minimum atomic E-state index is -0.985. The second-order valence-electron chi connectivity index (χ2n) is 2.81. The van der Waals surface area contributed by atoms with Crippen LogP contribution in [0.5, 0.6) is 0 Å². The van der Waals surface area contributed by atoms with Crippen molar-refractivity contribution in [2.45, 2.75) is 24.4 Å². The summed E-state index contributed by atoms with van der Waals surface area (Å²) in [5, 5.41) is 27.3. The Morgan fingerprint density at radius 3 is 2.67 bits per heavy atom. The molecule has 1 heterocycles. The van der Waals surface area contributed by atoms with Crippen LogP contribution in [0.4, 0.5) is 0 Å². The van der Waals surface area contributed by atoms with Crippen LogP contribution in [0.3, 0.4) is 0 Å². The molecule has 0 bridgehead atoms. The van der Waals surface area contributed by atoms with Gasteiger partial charge >= 0.3 is 0 Å². The lowest BCUT2D eigenvalue weighted by molar-refractivity contribution is -0.203. The largest absolute Gasteiger partial charge is 0.394 e. The summed E-state index contributed by atoms with van der Waals surface area (Å²) in [5.41, 5.74) is 0. The Labute approximate surface area is 70.5 Å². The third-order valence-corrected chi connectivity index (χ3v) is 2.03. The Balaban J connectivity index is 2.58. The Bertz CT molecular complexity index is 138. The monoisotopic (exact) mass is 178 g/mol. The number of hydrogen-bond donors (Lipinski definition) is 3. The second-order valence-corrected chi connectivity index (χ2v) is 2.81. The third-order valence-electron chi connectivity index (χ3n) is 2.03. The van der Waals surface area contributed by atoms with Crippen LogP contribution in [0.15, 0.2) is 0 Å². The van der Waals surface area contributed by atoms with Crippen LogP contribution in [0.2, 0.25) is 0 Å². The van der Waals surface area contributed by atoms with Gasteiger partial charge in [-0.15, -0.1) is 0 Å². The highest BCUT2D eigenvalue weighted by molar-refractivity contribution is 4.87. The molecule has 12 heavy (non-hydrogen) atoms. The molecule has 4 unspecified atom stereocenters. The molecule has 0 radical (unpaired) electrons. The van der Waals surface area contributed by atoms with Gasteiger partial charge < -0.3 is 24.8 Å². The average Bonchev–Trinajstić information content (AvgIpc) is 2.09. The van der Waals surface area contributed by atoms with Crippen LogP contribution in [-0.4, -0.2) is 60.1 Å². The molecule has 5 heteroatoms. The summed E-state index contributed by atoms with van der Waals surface area (Å²) in [6.07, 6.45) is -3.12. The first-order valence-electron chi connectivity index (χ1n) is 3.82. The van der Waals surface area contributed by atoms with Crippen molar-refractivity contribution in [1.82, 2.24) is 0 Å². The number of methoxy groups -OCH3 is 1. The van der Waals surface area contributed by atoms with Gasteiger partial charge in [-0.25, -0.2) is 0 Å². The van der Waals surface area contributed by atoms with Gasteiger partial charge in [0, 0.05) is 7.11 Å². The van der Waals surface area contributed by atoms with Crippen LogP contribution in [-0.2, 0) is 9.47 Å². The molecule has 1 saturated heterocycles. The molecule has 0 spiro atoms. The molecular formula is C7H14O5. The fraction of sp³-hybridized carbons (Fsp3) is 1.00. The molecule has 0 amide bonds. The SMILES string of the molecule is COC1C(CO)OCC(O)C1O. The van der Waals surface area contributed by atoms with Crippen LogP contribution >= 0.6 is 0 Å². The lowest BCUT2D eigenvalue weighted by Gasteiger charge is -2.36. The maximum atomic E-state index is 9.37. The molecule has 0 saturated carbocycles. The summed E-state index contributed by atoms with van der Waals surface area (Å²) in [6, 6.07) is 0. The molecule has 1 rings (SSSR count). The Morgan fingerprint density at radius 1 is 1.50 bits per heavy atom. The van der Waals surface area contributed by atoms with Crippen molar-refractivity contribution >= 4 is 0 Å². The van der Waals surface area contributed by atoms with Crippen molar-refractivity contribution in [3.63, 3.8) is 0 Å². The second kappa shape index (κ2) is 4.15. The number of aliphatic hydroxyl groups is 3. The molecule has 1 aliphatic rings. The van der Waals surface area contributed by atoms with Gasteiger partial charge in [0.25, 0.3) is 0 Å². The number of rotatable bonds is 2. The van der Waals surface area contributed by atoms with Gasteiger partial charge in [-0.3, -0.25) is 0 Å². The van der Waals surface area contributed by atoms with E-state index in [1.807, 2.05) is 0 Å². The quantitative estimate of drug-likeness (QED) is 0.461. The van der Waals surface area contributed by atoms with Crippen molar-refractivity contribution < 1.29 is 24.8 Å². The minimum absolute atomic E-state index is 0.0340. The summed E-state index contributed by atoms with van der Waals surface area (Å²) in [6.45, 7) is -0.186. The van der Waals surface area contributed by atoms with Gasteiger partial charge in [-0.2, -0.15) is 0 Å². The minimum Gasteiger partial charge on any atom is -0.394 e. The molecular weight excluding hydrogens is 164 g/mol. The fourth-order valence-electron chi connectivity index (χ4n) is 1.30. The third kappa shape index (κ3) is 1.75. The van der Waals surface area contributed by atoms with E-state index in [1.54, 1.807) is 0 Å². The molecule has 1 fully saturated rings. The lowest BCUT2D eigenvalue weighted by Crippen LogP contribution is -2.54. The normalized spacial score (nSPS) is 43.0. The molecule has 4 atom stereocenters. The zero-order valence-corrected chi connectivity index (χ0v) is 6.88. The van der Waals surface area contributed by atoms with Gasteiger partial charge in [0.15, 0.2) is 0 Å². The molecule has 1 aliphatic heterocycles. The fourth-order valence-corrected chi connectivity index (χ4v) is 1.30. The topological polar surface area (TPSA) is 79.2 Å². The van der Waals surface area contributed by atoms with Gasteiger partial charge in [-0.05, 0) is 0 Å². The summed E-state index contributed by atoms with van der Waals surface area (Å²) >= 11 is 0. The molecule has 5 nitrogen and oxygen atoms in total. The average molecular weight is 178 g/mol. The standard InChI is InChI=1S/C7H14O5/c1-11-7-5(2-8)12-3-4(9)6(7)10/h4-10H,2-3H2,1H3. The van der Waals surface area contributed by atoms with Crippen LogP contribution in [0, 0.1) is 0 Å². The van der Waals surface area contributed by atoms with E-state index < -0.39 is 24.4 Å². The first kappa shape index (κ1) is 9.88. The molecule has 3 N–H and O–H groups in total. The van der Waals surface area contributed by atoms with E-state index in [-0.39, 0.29) is 13.2 Å². The molecule has 0 aliphatic carbocycles. The predicted molar refractivity (Wildman–Crippen MR) is 39.6 cm³/mol. The summed E-state index contributed by atoms with van der Waals surface area (Å²) in [5.74, 6) is 0. The first-order chi connectivity index (χ1) is 5.70. The highest BCUT2D eigenvalue weighted by Gasteiger charge is 2.38. The molecule has 0 aromatic carbocycles. The Morgan fingerprint density at radius 2 is 2.17 bits per heavy atom. The van der Waals surface area contributed by atoms with Crippen LogP contribution in [0.25, 0.3) is 0 Å². The number of aliphatic hydroxyl groups excluding tert-OH is 3. The van der Waals surface area contributed by atoms with Crippen LogP contribution in [0.1, 0.15) is 0 Å². The first-order valence-corrected chi connectivity index (χ1v) is 3.82. The van der Waals surface area contributed by atoms with Gasteiger partial charge in [0.05, 0.1) is 13.2 Å². The number of ether oxygens (including phenoxy) is 2. The van der Waals surface area contributed by atoms with Crippen molar-refractivity contribution in [2.24, 2.45) is 0 Å². The van der Waals surface area contributed by atoms with Gasteiger partial charge in [0.1, 0.15) is 24.4 Å². The summed E-state index contributed by atoms with van der Waals surface area (Å²) in [4.78, 5) is 0. The van der Waals surface area contributed by atoms with E-state index in [4.69, 9.17) is 19.7 Å². The summed E-state index contributed by atoms with van der Waals surface area (Å²) < 4.78 is 9.91. The highest BCUT2D eigenvalue weighted by Crippen LogP contribution is 2.17. The van der Waals surface area contributed by atoms with E-state index >= 15 is 0 Å². The van der Waals surface area contributed by atoms with Crippen molar-refractivity contribution in [3.8, 4) is 0 Å². The summed E-state index contributed by atoms with van der Waals surface area (Å²) in [7, 11) is 1.40. The maximum absolute atomic E-state index is 9.37. The van der Waals surface area contributed by atoms with E-state index in [1.165, 1.54) is 7.11 Å². The van der Waals surface area contributed by atoms with Crippen molar-refractivity contribution in [2.75, 3.05) is 20.3 Å². The lowest BCUT2D eigenvalue weighted by atomic mass is 10.0. The number of hydrogen-bond acceptors (Lipinski definition) is 5. The zero-order chi connectivity index (χ0) is 9.14. The smallest absolute Gasteiger partial charge is 0.114 e. The van der Waals surface area contributed by atoms with E-state index in [0.29, 0.717) is 0 Å². The Hall–Kier alpha value is -0.200. The van der Waals surface area contributed by atoms with E-state index in [9.17, 15) is 5.11 Å². The predicted octanol–water partition coefficient (Wildman–Crippen LogP) is -1.89. The zero-order valence-electron chi connectivity index (χ0n) is 6.88. The van der Waals surface area contributed by atoms with Gasteiger partial charge in [0.2, 0.25) is 0 Å². The molecule has 72 valence electrons. The van der Waals surface area contributed by atoms with Crippen molar-refractivity contribution in [3.05, 3.63) is 0 Å². The maximum Gasteiger partial charge on any atom is 0.114 e. The molecule has 0 aromatic heterocycles. The van der Waals surface area contributed by atoms with Crippen LogP contribution < -0.4 is 0 Å². The van der Waals surface area contributed by atoms with E-state index in [0.717, 1.165) is 0 Å².